The Morgan fingerprint density at radius 3 is 2.51 bits per heavy atom. The van der Waals surface area contributed by atoms with E-state index in [1.165, 1.54) is 4.90 Å². The lowest BCUT2D eigenvalue weighted by Crippen LogP contribution is -2.45. The molecule has 1 aromatic carbocycles. The van der Waals surface area contributed by atoms with Crippen LogP contribution in [0.5, 0.6) is 0 Å². The number of imidazole rings is 1. The van der Waals surface area contributed by atoms with Gasteiger partial charge in [0.05, 0.1) is 29.8 Å². The first-order valence-corrected chi connectivity index (χ1v) is 14.4. The van der Waals surface area contributed by atoms with Crippen LogP contribution in [0.3, 0.4) is 0 Å². The largest absolute Gasteiger partial charge is 0.465 e. The molecule has 226 valence electrons. The minimum absolute atomic E-state index is 0.0358. The van der Waals surface area contributed by atoms with Gasteiger partial charge in [-0.2, -0.15) is 0 Å². The van der Waals surface area contributed by atoms with E-state index in [2.05, 4.69) is 14.9 Å². The number of nitrogen functional groups attached to an aromatic ring is 1. The minimum Gasteiger partial charge on any atom is -0.465 e. The number of hydrogen-bond acceptors (Lipinski definition) is 7. The second kappa shape index (κ2) is 14.0. The molecule has 2 aromatic heterocycles. The van der Waals surface area contributed by atoms with Crippen LogP contribution in [0.2, 0.25) is 0 Å². The molecule has 3 rings (SSSR count). The number of hydrogen-bond donors (Lipinski definition) is 3. The third-order valence-corrected chi connectivity index (χ3v) is 6.91. The second-order valence-corrected chi connectivity index (χ2v) is 11.8. The Morgan fingerprint density at radius 2 is 1.83 bits per heavy atom. The summed E-state index contributed by atoms with van der Waals surface area (Å²) in [6.07, 6.45) is 1.70. The molecular weight excluding hydrogens is 524 g/mol. The molecule has 11 heteroatoms. The lowest BCUT2D eigenvalue weighted by molar-refractivity contribution is -0.121. The molecule has 0 spiro atoms. The summed E-state index contributed by atoms with van der Waals surface area (Å²) in [7, 11) is 0. The average Bonchev–Trinajstić information content (AvgIpc) is 3.24. The van der Waals surface area contributed by atoms with Crippen LogP contribution < -0.4 is 11.1 Å². The summed E-state index contributed by atoms with van der Waals surface area (Å²) in [4.78, 5) is 34.5. The number of fused-ring (bicyclic) bond motifs is 3. The van der Waals surface area contributed by atoms with Crippen molar-refractivity contribution in [2.45, 2.75) is 91.5 Å². The zero-order valence-corrected chi connectivity index (χ0v) is 25.3. The highest BCUT2D eigenvalue weighted by Crippen LogP contribution is 2.30. The predicted octanol–water partition coefficient (Wildman–Crippen LogP) is 4.95. The number of nitrogens with two attached hydrogens (primary N) is 1. The number of amides is 2. The van der Waals surface area contributed by atoms with Crippen LogP contribution >= 0.6 is 0 Å². The van der Waals surface area contributed by atoms with Crippen molar-refractivity contribution in [3.63, 3.8) is 0 Å². The van der Waals surface area contributed by atoms with Crippen molar-refractivity contribution >= 4 is 39.8 Å². The van der Waals surface area contributed by atoms with Gasteiger partial charge in [0.25, 0.3) is 0 Å². The minimum atomic E-state index is -0.917. The highest BCUT2D eigenvalue weighted by atomic mass is 16.5. The van der Waals surface area contributed by atoms with E-state index < -0.39 is 17.2 Å². The number of aromatic nitrogens is 3. The molecule has 2 amide bonds. The van der Waals surface area contributed by atoms with E-state index in [4.69, 9.17) is 20.2 Å². The fraction of sp³-hybridized carbons (Fsp3) is 0.600. The third kappa shape index (κ3) is 8.77. The number of ether oxygens (including phenoxy) is 2. The number of anilines is 1. The molecule has 4 N–H and O–H groups in total. The standard InChI is InChI=1S/C30H46N6O5/c1-7-40-19-23-34-25-26(21-13-10-11-14-22(21)33-27(25)31)35(23)20-30(5,6)41-18-16-32-24(37)15-9-8-12-17-36(28(38)39)29(2,3)4/h10-11,13-14H,7-9,12,15-20H2,1-6H3,(H2,31,33)(H,32,37)(H,38,39). The van der Waals surface area contributed by atoms with E-state index in [0.717, 1.165) is 35.1 Å². The van der Waals surface area contributed by atoms with Gasteiger partial charge in [0.1, 0.15) is 17.9 Å². The van der Waals surface area contributed by atoms with Gasteiger partial charge in [0.2, 0.25) is 5.91 Å². The van der Waals surface area contributed by atoms with Gasteiger partial charge in [0, 0.05) is 37.0 Å². The van der Waals surface area contributed by atoms with Crippen LogP contribution in [-0.4, -0.2) is 74.0 Å². The topological polar surface area (TPSA) is 145 Å². The average molecular weight is 571 g/mol. The van der Waals surface area contributed by atoms with Gasteiger partial charge in [-0.3, -0.25) is 4.79 Å². The smallest absolute Gasteiger partial charge is 0.407 e. The first-order chi connectivity index (χ1) is 19.3. The van der Waals surface area contributed by atoms with Gasteiger partial charge < -0.3 is 35.1 Å². The lowest BCUT2D eigenvalue weighted by atomic mass is 10.1. The number of unbranched alkanes of at least 4 members (excludes halogenated alkanes) is 2. The molecular formula is C30H46N6O5. The third-order valence-electron chi connectivity index (χ3n) is 6.91. The molecule has 41 heavy (non-hydrogen) atoms. The quantitative estimate of drug-likeness (QED) is 0.218. The summed E-state index contributed by atoms with van der Waals surface area (Å²) in [6.45, 7) is 14.2. The van der Waals surface area contributed by atoms with Crippen LogP contribution in [0, 0.1) is 0 Å². The Kier molecular flexibility index (Phi) is 10.9. The van der Waals surface area contributed by atoms with Crippen LogP contribution in [0.4, 0.5) is 10.6 Å². The SMILES string of the molecule is CCOCc1nc2c(N)nc3ccccc3c2n1CC(C)(C)OCCNC(=O)CCCCCN(C(=O)O)C(C)(C)C. The Labute approximate surface area is 242 Å². The first kappa shape index (κ1) is 32.1. The fourth-order valence-corrected chi connectivity index (χ4v) is 4.86. The van der Waals surface area contributed by atoms with Crippen LogP contribution in [0.15, 0.2) is 24.3 Å². The number of nitrogens with one attached hydrogen (secondary N) is 1. The molecule has 0 bridgehead atoms. The van der Waals surface area contributed by atoms with Gasteiger partial charge in [-0.15, -0.1) is 0 Å². The zero-order valence-electron chi connectivity index (χ0n) is 25.3. The van der Waals surface area contributed by atoms with E-state index in [1.807, 2.05) is 65.8 Å². The van der Waals surface area contributed by atoms with Gasteiger partial charge in [0.15, 0.2) is 5.82 Å². The van der Waals surface area contributed by atoms with Crippen molar-refractivity contribution in [1.82, 2.24) is 24.8 Å². The molecule has 0 unspecified atom stereocenters. The Bertz CT molecular complexity index is 1330. The molecule has 0 aliphatic rings. The predicted molar refractivity (Wildman–Crippen MR) is 161 cm³/mol. The Hall–Kier alpha value is -3.44. The molecule has 0 saturated heterocycles. The van der Waals surface area contributed by atoms with Gasteiger partial charge >= 0.3 is 6.09 Å². The zero-order chi connectivity index (χ0) is 30.2. The first-order valence-electron chi connectivity index (χ1n) is 14.4. The van der Waals surface area contributed by atoms with Crippen molar-refractivity contribution in [2.24, 2.45) is 0 Å². The Balaban J connectivity index is 1.53. The highest BCUT2D eigenvalue weighted by molar-refractivity contribution is 6.06. The summed E-state index contributed by atoms with van der Waals surface area (Å²) < 4.78 is 14.0. The number of pyridine rings is 1. The number of rotatable bonds is 15. The number of carbonyl (C=O) groups excluding carboxylic acids is 1. The second-order valence-electron chi connectivity index (χ2n) is 11.8. The van der Waals surface area contributed by atoms with Crippen LogP contribution in [-0.2, 0) is 27.4 Å². The monoisotopic (exact) mass is 570 g/mol. The lowest BCUT2D eigenvalue weighted by Gasteiger charge is -2.33. The normalized spacial score (nSPS) is 12.2. The molecule has 0 fully saturated rings. The van der Waals surface area contributed by atoms with Crippen molar-refractivity contribution in [3.05, 3.63) is 30.1 Å². The highest BCUT2D eigenvalue weighted by Gasteiger charge is 2.26. The number of benzene rings is 1. The maximum Gasteiger partial charge on any atom is 0.407 e. The number of carboxylic acid groups (broad SMARTS) is 1. The summed E-state index contributed by atoms with van der Waals surface area (Å²) in [5, 5.41) is 13.3. The van der Waals surface area contributed by atoms with Crippen LogP contribution in [0.1, 0.15) is 73.1 Å². The van der Waals surface area contributed by atoms with Gasteiger partial charge in [-0.25, -0.2) is 14.8 Å². The van der Waals surface area contributed by atoms with E-state index >= 15 is 0 Å². The molecule has 0 atom stereocenters. The van der Waals surface area contributed by atoms with Gasteiger partial charge in [-0.1, -0.05) is 24.6 Å². The fourth-order valence-electron chi connectivity index (χ4n) is 4.86. The Morgan fingerprint density at radius 1 is 1.10 bits per heavy atom. The molecule has 0 aliphatic carbocycles. The number of para-hydroxylation sites is 1. The molecule has 0 aliphatic heterocycles. The van der Waals surface area contributed by atoms with Crippen molar-refractivity contribution in [3.8, 4) is 0 Å². The summed E-state index contributed by atoms with van der Waals surface area (Å²) >= 11 is 0. The van der Waals surface area contributed by atoms with Gasteiger partial charge in [-0.05, 0) is 60.5 Å². The summed E-state index contributed by atoms with van der Waals surface area (Å²) in [6, 6.07) is 7.86. The van der Waals surface area contributed by atoms with E-state index in [9.17, 15) is 14.7 Å². The number of nitrogens with zero attached hydrogens (tertiary/aromatic N) is 4. The summed E-state index contributed by atoms with van der Waals surface area (Å²) in [5.41, 5.74) is 7.64. The molecule has 0 radical (unpaired) electrons. The number of carbonyl (C=O) groups is 2. The van der Waals surface area contributed by atoms with E-state index in [1.54, 1.807) is 0 Å². The molecule has 11 nitrogen and oxygen atoms in total. The molecule has 2 heterocycles. The van der Waals surface area contributed by atoms with Crippen molar-refractivity contribution in [1.29, 1.82) is 0 Å². The maximum absolute atomic E-state index is 12.3. The van der Waals surface area contributed by atoms with Crippen LogP contribution in [0.25, 0.3) is 21.9 Å². The van der Waals surface area contributed by atoms with Crippen molar-refractivity contribution < 1.29 is 24.2 Å². The molecule has 3 aromatic rings. The summed E-state index contributed by atoms with van der Waals surface area (Å²) in [5.74, 6) is 1.10. The van der Waals surface area contributed by atoms with E-state index in [-0.39, 0.29) is 5.91 Å². The maximum atomic E-state index is 12.3. The van der Waals surface area contributed by atoms with E-state index in [0.29, 0.717) is 63.6 Å². The van der Waals surface area contributed by atoms with Crippen molar-refractivity contribution in [2.75, 3.05) is 32.0 Å². The molecule has 0 saturated carbocycles.